The first-order chi connectivity index (χ1) is 15.2. The molecule has 32 heavy (non-hydrogen) atoms. The van der Waals surface area contributed by atoms with Crippen molar-refractivity contribution in [2.24, 2.45) is 0 Å². The summed E-state index contributed by atoms with van der Waals surface area (Å²) in [5, 5.41) is 11.1. The molecule has 0 saturated carbocycles. The molecule has 0 bridgehead atoms. The number of alkyl halides is 3. The minimum absolute atomic E-state index is 0.0982. The zero-order valence-electron chi connectivity index (χ0n) is 16.2. The lowest BCUT2D eigenvalue weighted by Gasteiger charge is -2.16. The standard InChI is InChI=1S/C23H15F4NO4/c24-20-17(21(29)30)9-12(10-19(20)23(25,26)27)28-22(31)32-11-18-15-7-3-1-5-13(15)14-6-2-4-8-16(14)18/h1-10,18H,11H2,(H,28,31)(H,29,30). The second-order valence-corrected chi connectivity index (χ2v) is 7.14. The molecule has 2 N–H and O–H groups in total. The molecule has 1 aliphatic rings. The second-order valence-electron chi connectivity index (χ2n) is 7.14. The molecule has 0 unspecified atom stereocenters. The van der Waals surface area contributed by atoms with Crippen LogP contribution in [0, 0.1) is 5.82 Å². The Morgan fingerprint density at radius 2 is 1.53 bits per heavy atom. The molecule has 3 aromatic carbocycles. The van der Waals surface area contributed by atoms with Crippen LogP contribution in [0.4, 0.5) is 28.0 Å². The summed E-state index contributed by atoms with van der Waals surface area (Å²) < 4.78 is 58.4. The summed E-state index contributed by atoms with van der Waals surface area (Å²) in [7, 11) is 0. The molecule has 0 radical (unpaired) electrons. The predicted octanol–water partition coefficient (Wildman–Crippen LogP) is 5.90. The lowest BCUT2D eigenvalue weighted by Crippen LogP contribution is -2.19. The molecule has 164 valence electrons. The lowest BCUT2D eigenvalue weighted by molar-refractivity contribution is -0.140. The van der Waals surface area contributed by atoms with Gasteiger partial charge in [0.25, 0.3) is 0 Å². The van der Waals surface area contributed by atoms with E-state index in [-0.39, 0.29) is 12.5 Å². The normalized spacial score (nSPS) is 12.8. The number of amides is 1. The van der Waals surface area contributed by atoms with E-state index in [1.54, 1.807) is 0 Å². The Morgan fingerprint density at radius 3 is 2.06 bits per heavy atom. The predicted molar refractivity (Wildman–Crippen MR) is 107 cm³/mol. The highest BCUT2D eigenvalue weighted by Gasteiger charge is 2.37. The number of halogens is 4. The maximum Gasteiger partial charge on any atom is 0.419 e. The summed E-state index contributed by atoms with van der Waals surface area (Å²) in [4.78, 5) is 23.4. The van der Waals surface area contributed by atoms with Gasteiger partial charge in [0.15, 0.2) is 0 Å². The van der Waals surface area contributed by atoms with Crippen molar-refractivity contribution >= 4 is 17.7 Å². The SMILES string of the molecule is O=C(Nc1cc(C(=O)O)c(F)c(C(F)(F)F)c1)OCC1c2ccccc2-c2ccccc21. The van der Waals surface area contributed by atoms with Crippen LogP contribution >= 0.6 is 0 Å². The van der Waals surface area contributed by atoms with Gasteiger partial charge in [0.2, 0.25) is 0 Å². The molecule has 4 rings (SSSR count). The average molecular weight is 445 g/mol. The summed E-state index contributed by atoms with van der Waals surface area (Å²) in [5.41, 5.74) is 0.313. The quantitative estimate of drug-likeness (QED) is 0.490. The second kappa shape index (κ2) is 7.99. The van der Waals surface area contributed by atoms with E-state index < -0.39 is 40.9 Å². The first-order valence-corrected chi connectivity index (χ1v) is 9.43. The van der Waals surface area contributed by atoms with Gasteiger partial charge in [0.1, 0.15) is 12.4 Å². The van der Waals surface area contributed by atoms with E-state index in [1.165, 1.54) is 0 Å². The third kappa shape index (κ3) is 3.89. The smallest absolute Gasteiger partial charge is 0.419 e. The van der Waals surface area contributed by atoms with Gasteiger partial charge in [-0.3, -0.25) is 5.32 Å². The molecular formula is C23H15F4NO4. The number of nitrogens with one attached hydrogen (secondary N) is 1. The largest absolute Gasteiger partial charge is 0.478 e. The number of hydrogen-bond acceptors (Lipinski definition) is 3. The molecule has 0 heterocycles. The monoisotopic (exact) mass is 445 g/mol. The van der Waals surface area contributed by atoms with Crippen LogP contribution in [0.2, 0.25) is 0 Å². The Labute approximate surface area is 179 Å². The summed E-state index contributed by atoms with van der Waals surface area (Å²) in [6.07, 6.45) is -6.24. The van der Waals surface area contributed by atoms with Gasteiger partial charge in [-0.2, -0.15) is 13.2 Å². The highest BCUT2D eigenvalue weighted by atomic mass is 19.4. The van der Waals surface area contributed by atoms with Crippen LogP contribution in [0.5, 0.6) is 0 Å². The maximum absolute atomic E-state index is 13.9. The van der Waals surface area contributed by atoms with E-state index in [1.807, 2.05) is 48.5 Å². The highest BCUT2D eigenvalue weighted by Crippen LogP contribution is 2.44. The number of aromatic carboxylic acids is 1. The number of carbonyl (C=O) groups is 2. The molecule has 0 aliphatic heterocycles. The van der Waals surface area contributed by atoms with Crippen LogP contribution in [-0.2, 0) is 10.9 Å². The lowest BCUT2D eigenvalue weighted by atomic mass is 9.98. The maximum atomic E-state index is 13.9. The molecule has 0 atom stereocenters. The zero-order valence-corrected chi connectivity index (χ0v) is 16.2. The van der Waals surface area contributed by atoms with Crippen molar-refractivity contribution in [1.82, 2.24) is 0 Å². The zero-order chi connectivity index (χ0) is 23.0. The first-order valence-electron chi connectivity index (χ1n) is 9.43. The van der Waals surface area contributed by atoms with Crippen LogP contribution < -0.4 is 5.32 Å². The van der Waals surface area contributed by atoms with Gasteiger partial charge in [-0.15, -0.1) is 0 Å². The molecule has 5 nitrogen and oxygen atoms in total. The van der Waals surface area contributed by atoms with E-state index in [4.69, 9.17) is 9.84 Å². The van der Waals surface area contributed by atoms with Crippen molar-refractivity contribution in [1.29, 1.82) is 0 Å². The Kier molecular flexibility index (Phi) is 5.33. The van der Waals surface area contributed by atoms with Crippen molar-refractivity contribution in [2.75, 3.05) is 11.9 Å². The fourth-order valence-electron chi connectivity index (χ4n) is 3.81. The summed E-state index contributed by atoms with van der Waals surface area (Å²) >= 11 is 0. The van der Waals surface area contributed by atoms with E-state index in [2.05, 4.69) is 5.32 Å². The molecule has 0 saturated heterocycles. The first kappa shape index (κ1) is 21.4. The van der Waals surface area contributed by atoms with Gasteiger partial charge in [0.05, 0.1) is 11.1 Å². The van der Waals surface area contributed by atoms with Gasteiger partial charge in [-0.25, -0.2) is 14.0 Å². The molecule has 0 fully saturated rings. The van der Waals surface area contributed by atoms with Gasteiger partial charge in [-0.05, 0) is 34.4 Å². The molecule has 9 heteroatoms. The van der Waals surface area contributed by atoms with Gasteiger partial charge in [0, 0.05) is 11.6 Å². The molecule has 0 aromatic heterocycles. The minimum Gasteiger partial charge on any atom is -0.478 e. The number of carbonyl (C=O) groups excluding carboxylic acids is 1. The number of fused-ring (bicyclic) bond motifs is 3. The molecule has 3 aromatic rings. The number of anilines is 1. The van der Waals surface area contributed by atoms with Crippen molar-refractivity contribution in [3.8, 4) is 11.1 Å². The topological polar surface area (TPSA) is 75.6 Å². The van der Waals surface area contributed by atoms with Crippen LogP contribution in [0.25, 0.3) is 11.1 Å². The number of rotatable bonds is 4. The summed E-state index contributed by atoms with van der Waals surface area (Å²) in [5.74, 6) is -4.10. The van der Waals surface area contributed by atoms with Gasteiger partial charge >= 0.3 is 18.2 Å². The minimum atomic E-state index is -5.15. The van der Waals surface area contributed by atoms with Crippen molar-refractivity contribution in [3.05, 3.63) is 88.7 Å². The molecule has 0 spiro atoms. The van der Waals surface area contributed by atoms with Gasteiger partial charge in [-0.1, -0.05) is 48.5 Å². The number of carboxylic acid groups (broad SMARTS) is 1. The van der Waals surface area contributed by atoms with E-state index in [0.717, 1.165) is 22.3 Å². The average Bonchev–Trinajstić information content (AvgIpc) is 3.06. The number of ether oxygens (including phenoxy) is 1. The van der Waals surface area contributed by atoms with Crippen molar-refractivity contribution in [3.63, 3.8) is 0 Å². The van der Waals surface area contributed by atoms with E-state index >= 15 is 0 Å². The highest BCUT2D eigenvalue weighted by molar-refractivity contribution is 5.92. The Bertz CT molecular complexity index is 1180. The number of benzene rings is 3. The number of hydrogen-bond donors (Lipinski definition) is 2. The van der Waals surface area contributed by atoms with Crippen LogP contribution in [0.1, 0.15) is 33.0 Å². The van der Waals surface area contributed by atoms with E-state index in [9.17, 15) is 27.2 Å². The Hall–Kier alpha value is -3.88. The van der Waals surface area contributed by atoms with Crippen LogP contribution in [0.15, 0.2) is 60.7 Å². The van der Waals surface area contributed by atoms with Crippen LogP contribution in [-0.4, -0.2) is 23.8 Å². The third-order valence-corrected chi connectivity index (χ3v) is 5.20. The number of carboxylic acids is 1. The fourth-order valence-corrected chi connectivity index (χ4v) is 3.81. The molecule has 1 amide bonds. The van der Waals surface area contributed by atoms with Gasteiger partial charge < -0.3 is 9.84 Å². The van der Waals surface area contributed by atoms with Crippen molar-refractivity contribution in [2.45, 2.75) is 12.1 Å². The van der Waals surface area contributed by atoms with E-state index in [0.29, 0.717) is 12.1 Å². The van der Waals surface area contributed by atoms with Crippen LogP contribution in [0.3, 0.4) is 0 Å². The summed E-state index contributed by atoms with van der Waals surface area (Å²) in [6.45, 7) is -0.0982. The fraction of sp³-hybridized carbons (Fsp3) is 0.130. The van der Waals surface area contributed by atoms with Crippen molar-refractivity contribution < 1.29 is 37.0 Å². The third-order valence-electron chi connectivity index (χ3n) is 5.20. The molecule has 1 aliphatic carbocycles. The Balaban J connectivity index is 1.54. The summed E-state index contributed by atoms with van der Waals surface area (Å²) in [6, 6.07) is 16.1. The Morgan fingerprint density at radius 1 is 0.969 bits per heavy atom. The molecular weight excluding hydrogens is 430 g/mol.